The Morgan fingerprint density at radius 2 is 1.69 bits per heavy atom. The summed E-state index contributed by atoms with van der Waals surface area (Å²) in [7, 11) is 9.12. The SMILES string of the molecule is CC(Cc1ccc(O)cc1)N1C(=O)CN(C)N(C=O)C1CN(C=O)Cc1cccc(Cl)c1N(C)C.CNCc1cccc(C(C)C)c1OC. The van der Waals surface area contributed by atoms with E-state index < -0.39 is 6.17 Å². The van der Waals surface area contributed by atoms with Crippen LogP contribution in [-0.4, -0.2) is 104 Å². The van der Waals surface area contributed by atoms with Crippen LogP contribution < -0.4 is 15.0 Å². The molecule has 2 N–H and O–H groups in total. The van der Waals surface area contributed by atoms with Gasteiger partial charge in [-0.1, -0.05) is 67.9 Å². The number of phenolic OH excluding ortho intramolecular Hbond substituents is 1. The fraction of sp³-hybridized carbons (Fsp3) is 0.432. The number of nitrogens with zero attached hydrogens (tertiary/aromatic N) is 5. The minimum Gasteiger partial charge on any atom is -0.508 e. The molecule has 1 saturated heterocycles. The van der Waals surface area contributed by atoms with Gasteiger partial charge in [-0.3, -0.25) is 19.4 Å². The fourth-order valence-electron chi connectivity index (χ4n) is 6.21. The predicted molar refractivity (Wildman–Crippen MR) is 195 cm³/mol. The standard InChI is InChI=1S/C25H32ClN5O4.C12H19NO/c1-18(12-19-8-10-21(34)11-9-19)31-23(30(17-33)28(4)15-24(31)35)14-29(16-32)13-20-6-5-7-22(26)25(20)27(2)3;1-9(2)11-7-5-6-10(8-13-3)12(11)14-4/h5-11,16-18,23,34H,12-15H2,1-4H3;5-7,9,13H,8H2,1-4H3. The summed E-state index contributed by atoms with van der Waals surface area (Å²) in [6.07, 6.45) is 1.26. The number of nitrogens with one attached hydrogen (secondary N) is 1. The number of halogens is 1. The highest BCUT2D eigenvalue weighted by Gasteiger charge is 2.40. The number of carbonyl (C=O) groups is 3. The lowest BCUT2D eigenvalue weighted by molar-refractivity contribution is -0.183. The molecule has 3 aromatic carbocycles. The third-order valence-electron chi connectivity index (χ3n) is 8.48. The molecule has 0 bridgehead atoms. The molecule has 2 unspecified atom stereocenters. The highest BCUT2D eigenvalue weighted by atomic mass is 35.5. The number of amides is 3. The molecular weight excluding hydrogens is 644 g/mol. The van der Waals surface area contributed by atoms with Crippen LogP contribution in [0, 0.1) is 0 Å². The highest BCUT2D eigenvalue weighted by molar-refractivity contribution is 6.33. The summed E-state index contributed by atoms with van der Waals surface area (Å²) in [6.45, 7) is 7.57. The molecule has 1 aliphatic heterocycles. The molecule has 3 aromatic rings. The number of carbonyl (C=O) groups excluding carboxylic acids is 3. The van der Waals surface area contributed by atoms with Crippen molar-refractivity contribution in [1.29, 1.82) is 0 Å². The van der Waals surface area contributed by atoms with Crippen LogP contribution >= 0.6 is 11.6 Å². The highest BCUT2D eigenvalue weighted by Crippen LogP contribution is 2.31. The molecule has 0 radical (unpaired) electrons. The fourth-order valence-corrected chi connectivity index (χ4v) is 6.58. The quantitative estimate of drug-likeness (QED) is 0.234. The molecule has 0 spiro atoms. The first-order chi connectivity index (χ1) is 23.4. The normalized spacial score (nSPS) is 15.4. The van der Waals surface area contributed by atoms with E-state index in [4.69, 9.17) is 16.3 Å². The summed E-state index contributed by atoms with van der Waals surface area (Å²) in [5.74, 6) is 1.56. The number of para-hydroxylation sites is 2. The molecule has 1 fully saturated rings. The maximum absolute atomic E-state index is 13.1. The van der Waals surface area contributed by atoms with Crippen molar-refractivity contribution in [3.8, 4) is 11.5 Å². The van der Waals surface area contributed by atoms with E-state index in [1.807, 2.05) is 45.1 Å². The van der Waals surface area contributed by atoms with E-state index in [2.05, 4.69) is 37.4 Å². The zero-order valence-corrected chi connectivity index (χ0v) is 30.6. The molecule has 3 amide bonds. The number of rotatable bonds is 14. The first-order valence-corrected chi connectivity index (χ1v) is 16.7. The third-order valence-corrected chi connectivity index (χ3v) is 8.79. The maximum Gasteiger partial charge on any atom is 0.240 e. The van der Waals surface area contributed by atoms with Gasteiger partial charge in [-0.25, -0.2) is 5.01 Å². The molecule has 0 saturated carbocycles. The van der Waals surface area contributed by atoms with Crippen molar-refractivity contribution in [2.24, 2.45) is 0 Å². The van der Waals surface area contributed by atoms with Gasteiger partial charge in [-0.15, -0.1) is 0 Å². The van der Waals surface area contributed by atoms with E-state index in [-0.39, 0.29) is 37.3 Å². The number of aromatic hydroxyl groups is 1. The number of anilines is 1. The molecule has 1 aliphatic rings. The van der Waals surface area contributed by atoms with Crippen molar-refractivity contribution < 1.29 is 24.2 Å². The van der Waals surface area contributed by atoms with Gasteiger partial charge in [0.05, 0.1) is 30.9 Å². The van der Waals surface area contributed by atoms with Gasteiger partial charge in [-0.05, 0) is 61.2 Å². The van der Waals surface area contributed by atoms with Gasteiger partial charge >= 0.3 is 0 Å². The van der Waals surface area contributed by atoms with Crippen LogP contribution in [0.25, 0.3) is 0 Å². The van der Waals surface area contributed by atoms with Crippen molar-refractivity contribution in [1.82, 2.24) is 25.1 Å². The van der Waals surface area contributed by atoms with E-state index in [1.54, 1.807) is 59.3 Å². The van der Waals surface area contributed by atoms with Crippen LogP contribution in [0.4, 0.5) is 5.69 Å². The molecule has 2 atom stereocenters. The summed E-state index contributed by atoms with van der Waals surface area (Å²) in [5.41, 5.74) is 5.11. The van der Waals surface area contributed by atoms with Crippen molar-refractivity contribution in [3.05, 3.63) is 87.9 Å². The molecule has 4 rings (SSSR count). The lowest BCUT2D eigenvalue weighted by Crippen LogP contribution is -2.68. The van der Waals surface area contributed by atoms with Gasteiger partial charge in [0.2, 0.25) is 18.7 Å². The van der Waals surface area contributed by atoms with Crippen molar-refractivity contribution in [2.75, 3.05) is 53.3 Å². The van der Waals surface area contributed by atoms with Crippen molar-refractivity contribution >= 4 is 36.0 Å². The summed E-state index contributed by atoms with van der Waals surface area (Å²) < 4.78 is 5.45. The monoisotopic (exact) mass is 694 g/mol. The summed E-state index contributed by atoms with van der Waals surface area (Å²) in [6, 6.07) is 18.4. The third kappa shape index (κ3) is 10.1. The number of benzene rings is 3. The molecule has 49 heavy (non-hydrogen) atoms. The number of likely N-dealkylation sites (N-methyl/N-ethyl adjacent to an activating group) is 1. The zero-order valence-electron chi connectivity index (χ0n) is 29.9. The van der Waals surface area contributed by atoms with E-state index in [0.29, 0.717) is 23.8 Å². The Labute approximate surface area is 295 Å². The minimum atomic E-state index is -0.682. The van der Waals surface area contributed by atoms with Gasteiger partial charge in [0.15, 0.2) is 0 Å². The Hall–Kier alpha value is -4.32. The molecule has 1 heterocycles. The Morgan fingerprint density at radius 3 is 2.27 bits per heavy atom. The van der Waals surface area contributed by atoms with Gasteiger partial charge in [0.1, 0.15) is 17.7 Å². The van der Waals surface area contributed by atoms with E-state index >= 15 is 0 Å². The Morgan fingerprint density at radius 1 is 1.04 bits per heavy atom. The first kappa shape index (κ1) is 39.1. The second-order valence-electron chi connectivity index (χ2n) is 12.7. The number of hydrogen-bond donors (Lipinski definition) is 2. The summed E-state index contributed by atoms with van der Waals surface area (Å²) >= 11 is 6.40. The molecule has 12 heteroatoms. The maximum atomic E-state index is 13.1. The van der Waals surface area contributed by atoms with Crippen LogP contribution in [0.2, 0.25) is 5.02 Å². The van der Waals surface area contributed by atoms with Crippen LogP contribution in [-0.2, 0) is 33.9 Å². The summed E-state index contributed by atoms with van der Waals surface area (Å²) in [4.78, 5) is 42.5. The predicted octanol–water partition coefficient (Wildman–Crippen LogP) is 4.71. The average molecular weight is 695 g/mol. The van der Waals surface area contributed by atoms with E-state index in [1.165, 1.54) is 16.1 Å². The smallest absolute Gasteiger partial charge is 0.240 e. The number of hydrogen-bond acceptors (Lipinski definition) is 8. The van der Waals surface area contributed by atoms with Gasteiger partial charge < -0.3 is 29.9 Å². The van der Waals surface area contributed by atoms with E-state index in [0.717, 1.165) is 35.5 Å². The molecule has 11 nitrogen and oxygen atoms in total. The van der Waals surface area contributed by atoms with E-state index in [9.17, 15) is 19.5 Å². The van der Waals surface area contributed by atoms with Gasteiger partial charge in [-0.2, -0.15) is 0 Å². The average Bonchev–Trinajstić information content (AvgIpc) is 3.05. The van der Waals surface area contributed by atoms with Crippen molar-refractivity contribution in [3.63, 3.8) is 0 Å². The zero-order chi connectivity index (χ0) is 36.2. The number of methoxy groups -OCH3 is 1. The number of ether oxygens (including phenoxy) is 1. The van der Waals surface area contributed by atoms with Crippen LogP contribution in [0.15, 0.2) is 60.7 Å². The molecule has 0 aromatic heterocycles. The molecule has 0 aliphatic carbocycles. The Bertz CT molecular complexity index is 1540. The second kappa shape index (κ2) is 18.4. The second-order valence-corrected chi connectivity index (χ2v) is 13.1. The van der Waals surface area contributed by atoms with Crippen molar-refractivity contribution in [2.45, 2.75) is 58.4 Å². The lowest BCUT2D eigenvalue weighted by Gasteiger charge is -2.49. The van der Waals surface area contributed by atoms with Crippen LogP contribution in [0.1, 0.15) is 48.9 Å². The van der Waals surface area contributed by atoms with Crippen LogP contribution in [0.5, 0.6) is 11.5 Å². The van der Waals surface area contributed by atoms with Gasteiger partial charge in [0, 0.05) is 45.8 Å². The van der Waals surface area contributed by atoms with Gasteiger partial charge in [0.25, 0.3) is 0 Å². The Kier molecular flexibility index (Phi) is 14.7. The first-order valence-electron chi connectivity index (χ1n) is 16.3. The summed E-state index contributed by atoms with van der Waals surface area (Å²) in [5, 5.41) is 16.3. The number of phenols is 1. The molecular formula is C37H51ClN6O5. The molecule has 266 valence electrons. The largest absolute Gasteiger partial charge is 0.508 e. The topological polar surface area (TPSA) is 109 Å². The Balaban J connectivity index is 0.000000388. The lowest BCUT2D eigenvalue weighted by atomic mass is 9.99. The minimum absolute atomic E-state index is 0.0509. The number of hydrazine groups is 1. The van der Waals surface area contributed by atoms with Crippen LogP contribution in [0.3, 0.4) is 0 Å².